The summed E-state index contributed by atoms with van der Waals surface area (Å²) in [5.74, 6) is -1.59. The molecule has 104 valence electrons. The van der Waals surface area contributed by atoms with Crippen LogP contribution in [0.15, 0.2) is 24.3 Å². The van der Waals surface area contributed by atoms with E-state index in [1.807, 2.05) is 19.1 Å². The van der Waals surface area contributed by atoms with Crippen LogP contribution in [0.3, 0.4) is 0 Å². The summed E-state index contributed by atoms with van der Waals surface area (Å²) in [5, 5.41) is 21.8. The highest BCUT2D eigenvalue weighted by molar-refractivity contribution is 8.00. The Balaban J connectivity index is 2.11. The molecule has 0 spiro atoms. The molecule has 7 heteroatoms. The van der Waals surface area contributed by atoms with Gasteiger partial charge in [-0.05, 0) is 25.1 Å². The van der Waals surface area contributed by atoms with Gasteiger partial charge in [0.2, 0.25) is 5.91 Å². The number of aromatic nitrogens is 2. The van der Waals surface area contributed by atoms with E-state index >= 15 is 0 Å². The summed E-state index contributed by atoms with van der Waals surface area (Å²) < 4.78 is 0. The molecule has 1 amide bonds. The largest absolute Gasteiger partial charge is 0.549 e. The molecule has 6 nitrogen and oxygen atoms in total. The molecule has 0 saturated carbocycles. The fourth-order valence-electron chi connectivity index (χ4n) is 1.68. The van der Waals surface area contributed by atoms with Gasteiger partial charge in [0.1, 0.15) is 0 Å². The summed E-state index contributed by atoms with van der Waals surface area (Å²) in [5.41, 5.74) is 2.08. The quantitative estimate of drug-likeness (QED) is 0.854. The second-order valence-corrected chi connectivity index (χ2v) is 5.12. The van der Waals surface area contributed by atoms with Crippen LogP contribution >= 0.6 is 11.8 Å². The highest BCUT2D eigenvalue weighted by Crippen LogP contribution is 2.22. The van der Waals surface area contributed by atoms with Gasteiger partial charge in [-0.25, -0.2) is 0 Å². The number of hydrogen-bond donors (Lipinski definition) is 1. The number of hydrogen-bond acceptors (Lipinski definition) is 6. The Morgan fingerprint density at radius 1 is 1.30 bits per heavy atom. The van der Waals surface area contributed by atoms with Crippen molar-refractivity contribution in [2.45, 2.75) is 6.92 Å². The Morgan fingerprint density at radius 3 is 2.85 bits per heavy atom. The number of benzene rings is 1. The fraction of sp³-hybridized carbons (Fsp3) is 0.231. The Labute approximate surface area is 119 Å². The van der Waals surface area contributed by atoms with Crippen LogP contribution in [-0.4, -0.2) is 33.6 Å². The number of aryl methyl sites for hydroxylation is 1. The SMILES string of the molecule is Cc1cc2c(NC(=O)CSCC(=O)[O-])cccc2nn1. The van der Waals surface area contributed by atoms with Crippen LogP contribution in [0.1, 0.15) is 5.69 Å². The zero-order chi connectivity index (χ0) is 14.5. The molecular formula is C13H12N3O3S-. The molecule has 2 aromatic rings. The number of nitrogens with one attached hydrogen (secondary N) is 1. The van der Waals surface area contributed by atoms with Crippen molar-refractivity contribution >= 4 is 40.2 Å². The van der Waals surface area contributed by atoms with Crippen molar-refractivity contribution in [3.8, 4) is 0 Å². The Morgan fingerprint density at radius 2 is 2.10 bits per heavy atom. The molecule has 0 saturated heterocycles. The summed E-state index contributed by atoms with van der Waals surface area (Å²) in [7, 11) is 0. The molecular weight excluding hydrogens is 278 g/mol. The highest BCUT2D eigenvalue weighted by Gasteiger charge is 2.07. The molecule has 0 unspecified atom stereocenters. The maximum Gasteiger partial charge on any atom is 0.234 e. The van der Waals surface area contributed by atoms with Crippen LogP contribution in [0.2, 0.25) is 0 Å². The van der Waals surface area contributed by atoms with Gasteiger partial charge in [-0.3, -0.25) is 4.79 Å². The molecule has 1 aromatic heterocycles. The van der Waals surface area contributed by atoms with Gasteiger partial charge in [-0.2, -0.15) is 10.2 Å². The number of carbonyl (C=O) groups excluding carboxylic acids is 2. The first-order valence-corrected chi connectivity index (χ1v) is 7.02. The van der Waals surface area contributed by atoms with E-state index < -0.39 is 5.97 Å². The lowest BCUT2D eigenvalue weighted by molar-refractivity contribution is -0.301. The number of thioether (sulfide) groups is 1. The van der Waals surface area contributed by atoms with Gasteiger partial charge in [-0.1, -0.05) is 6.07 Å². The van der Waals surface area contributed by atoms with Crippen molar-refractivity contribution in [2.24, 2.45) is 0 Å². The predicted molar refractivity (Wildman–Crippen MR) is 75.2 cm³/mol. The van der Waals surface area contributed by atoms with Crippen LogP contribution in [0, 0.1) is 6.92 Å². The molecule has 1 N–H and O–H groups in total. The fourth-order valence-corrected chi connectivity index (χ4v) is 2.21. The van der Waals surface area contributed by atoms with Gasteiger partial charge in [0, 0.05) is 11.1 Å². The topological polar surface area (TPSA) is 95.0 Å². The molecule has 1 heterocycles. The van der Waals surface area contributed by atoms with E-state index in [0.29, 0.717) is 11.2 Å². The third kappa shape index (κ3) is 3.67. The third-order valence-electron chi connectivity index (χ3n) is 2.48. The predicted octanol–water partition coefficient (Wildman–Crippen LogP) is 0.360. The average Bonchev–Trinajstić information content (AvgIpc) is 2.39. The number of amides is 1. The zero-order valence-corrected chi connectivity index (χ0v) is 11.6. The van der Waals surface area contributed by atoms with Crippen molar-refractivity contribution in [1.29, 1.82) is 0 Å². The van der Waals surface area contributed by atoms with Gasteiger partial charge in [0.05, 0.1) is 28.6 Å². The molecule has 0 atom stereocenters. The molecule has 0 bridgehead atoms. The average molecular weight is 290 g/mol. The number of carbonyl (C=O) groups is 2. The standard InChI is InChI=1S/C13H13N3O3S/c1-8-5-9-10(3-2-4-11(9)16-15-8)14-12(17)6-20-7-13(18)19/h2-5H,6-7H2,1H3,(H,14,17)(H,18,19)/p-1. The highest BCUT2D eigenvalue weighted by atomic mass is 32.2. The van der Waals surface area contributed by atoms with Crippen LogP contribution in [0.25, 0.3) is 10.9 Å². The normalized spacial score (nSPS) is 10.4. The molecule has 1 aromatic carbocycles. The number of anilines is 1. The molecule has 0 fully saturated rings. The van der Waals surface area contributed by atoms with Gasteiger partial charge in [-0.15, -0.1) is 11.8 Å². The Kier molecular flexibility index (Phi) is 4.52. The second-order valence-electron chi connectivity index (χ2n) is 4.14. The van der Waals surface area contributed by atoms with Crippen molar-refractivity contribution in [2.75, 3.05) is 16.8 Å². The number of carboxylic acid groups (broad SMARTS) is 1. The first kappa shape index (κ1) is 14.3. The van der Waals surface area contributed by atoms with E-state index in [9.17, 15) is 14.7 Å². The van der Waals surface area contributed by atoms with Gasteiger partial charge < -0.3 is 15.2 Å². The number of nitrogens with zero attached hydrogens (tertiary/aromatic N) is 2. The lowest BCUT2D eigenvalue weighted by Gasteiger charge is -2.08. The first-order valence-electron chi connectivity index (χ1n) is 5.87. The maximum atomic E-state index is 11.7. The van der Waals surface area contributed by atoms with E-state index in [2.05, 4.69) is 15.5 Å². The van der Waals surface area contributed by atoms with Gasteiger partial charge in [0.25, 0.3) is 0 Å². The third-order valence-corrected chi connectivity index (χ3v) is 3.39. The zero-order valence-electron chi connectivity index (χ0n) is 10.8. The summed E-state index contributed by atoms with van der Waals surface area (Å²) in [4.78, 5) is 22.0. The molecule has 0 aliphatic carbocycles. The molecule has 2 rings (SSSR count). The summed E-state index contributed by atoms with van der Waals surface area (Å²) in [6, 6.07) is 7.19. The van der Waals surface area contributed by atoms with E-state index in [-0.39, 0.29) is 17.4 Å². The smallest absolute Gasteiger partial charge is 0.234 e. The lowest BCUT2D eigenvalue weighted by atomic mass is 10.2. The monoisotopic (exact) mass is 290 g/mol. The van der Waals surface area contributed by atoms with Crippen LogP contribution in [0.5, 0.6) is 0 Å². The van der Waals surface area contributed by atoms with Crippen molar-refractivity contribution in [3.05, 3.63) is 30.0 Å². The van der Waals surface area contributed by atoms with Gasteiger partial charge >= 0.3 is 0 Å². The molecule has 0 aliphatic rings. The lowest BCUT2D eigenvalue weighted by Crippen LogP contribution is -2.25. The minimum atomic E-state index is -1.18. The van der Waals surface area contributed by atoms with E-state index in [1.54, 1.807) is 12.1 Å². The second kappa shape index (κ2) is 6.33. The van der Waals surface area contributed by atoms with Crippen LogP contribution in [0.4, 0.5) is 5.69 Å². The van der Waals surface area contributed by atoms with Crippen molar-refractivity contribution < 1.29 is 14.7 Å². The Hall–Kier alpha value is -2.15. The van der Waals surface area contributed by atoms with Crippen LogP contribution < -0.4 is 10.4 Å². The number of fused-ring (bicyclic) bond motifs is 1. The number of rotatable bonds is 5. The molecule has 20 heavy (non-hydrogen) atoms. The molecule has 0 aliphatic heterocycles. The van der Waals surface area contributed by atoms with Gasteiger partial charge in [0.15, 0.2) is 0 Å². The first-order chi connectivity index (χ1) is 9.56. The number of aliphatic carboxylic acids is 1. The summed E-state index contributed by atoms with van der Waals surface area (Å²) in [6.45, 7) is 1.82. The maximum absolute atomic E-state index is 11.7. The summed E-state index contributed by atoms with van der Waals surface area (Å²) in [6.07, 6.45) is 0. The van der Waals surface area contributed by atoms with Crippen molar-refractivity contribution in [1.82, 2.24) is 10.2 Å². The minimum absolute atomic E-state index is 0.0574. The van der Waals surface area contributed by atoms with E-state index in [4.69, 9.17) is 0 Å². The van der Waals surface area contributed by atoms with E-state index in [1.165, 1.54) is 0 Å². The summed E-state index contributed by atoms with van der Waals surface area (Å²) >= 11 is 0.995. The van der Waals surface area contributed by atoms with Crippen molar-refractivity contribution in [3.63, 3.8) is 0 Å². The molecule has 0 radical (unpaired) electrons. The minimum Gasteiger partial charge on any atom is -0.549 e. The van der Waals surface area contributed by atoms with Crippen LogP contribution in [-0.2, 0) is 9.59 Å². The Bertz CT molecular complexity index is 660. The van der Waals surface area contributed by atoms with E-state index in [0.717, 1.165) is 22.8 Å². The number of carboxylic acids is 1.